The quantitative estimate of drug-likeness (QED) is 0.822. The van der Waals surface area contributed by atoms with Crippen molar-refractivity contribution in [3.8, 4) is 5.75 Å². The molecule has 1 aromatic rings. The molecule has 0 aromatic heterocycles. The number of rotatable bonds is 2. The standard InChI is InChI=1S/C13H16ClNO2/c14-9-13(17)15-7-5-11(6-8-15)10-1-3-12(16)4-2-10/h1-4,11,16H,5-9H2. The van der Waals surface area contributed by atoms with Gasteiger partial charge in [0.15, 0.2) is 0 Å². The minimum absolute atomic E-state index is 0.0239. The van der Waals surface area contributed by atoms with Crippen LogP contribution in [0.3, 0.4) is 0 Å². The molecule has 1 aliphatic heterocycles. The number of nitrogens with zero attached hydrogens (tertiary/aromatic N) is 1. The molecule has 4 heteroatoms. The molecule has 0 saturated carbocycles. The maximum atomic E-state index is 11.4. The van der Waals surface area contributed by atoms with E-state index < -0.39 is 0 Å². The fourth-order valence-electron chi connectivity index (χ4n) is 2.29. The molecule has 1 amide bonds. The first kappa shape index (κ1) is 12.2. The van der Waals surface area contributed by atoms with Crippen LogP contribution < -0.4 is 0 Å². The average Bonchev–Trinajstić information content (AvgIpc) is 2.39. The summed E-state index contributed by atoms with van der Waals surface area (Å²) in [6, 6.07) is 7.34. The topological polar surface area (TPSA) is 40.5 Å². The lowest BCUT2D eigenvalue weighted by atomic mass is 9.89. The minimum atomic E-state index is 0.0239. The highest BCUT2D eigenvalue weighted by molar-refractivity contribution is 6.27. The van der Waals surface area contributed by atoms with Crippen LogP contribution in [-0.4, -0.2) is 34.9 Å². The van der Waals surface area contributed by atoms with Crippen LogP contribution in [0.2, 0.25) is 0 Å². The van der Waals surface area contributed by atoms with E-state index in [9.17, 15) is 9.90 Å². The Morgan fingerprint density at radius 3 is 2.41 bits per heavy atom. The molecule has 17 heavy (non-hydrogen) atoms. The monoisotopic (exact) mass is 253 g/mol. The highest BCUT2D eigenvalue weighted by atomic mass is 35.5. The Morgan fingerprint density at radius 2 is 1.88 bits per heavy atom. The SMILES string of the molecule is O=C(CCl)N1CCC(c2ccc(O)cc2)CC1. The Balaban J connectivity index is 1.95. The maximum absolute atomic E-state index is 11.4. The number of carbonyl (C=O) groups excluding carboxylic acids is 1. The van der Waals surface area contributed by atoms with E-state index in [-0.39, 0.29) is 11.8 Å². The summed E-state index contributed by atoms with van der Waals surface area (Å²) in [6.45, 7) is 1.55. The van der Waals surface area contributed by atoms with Crippen molar-refractivity contribution in [1.82, 2.24) is 4.90 Å². The number of alkyl halides is 1. The average molecular weight is 254 g/mol. The molecule has 0 atom stereocenters. The summed E-state index contributed by atoms with van der Waals surface area (Å²) in [4.78, 5) is 13.2. The van der Waals surface area contributed by atoms with Gasteiger partial charge in [0.05, 0.1) is 0 Å². The first-order valence-corrected chi connectivity index (χ1v) is 6.37. The first-order valence-electron chi connectivity index (χ1n) is 5.83. The second-order valence-electron chi connectivity index (χ2n) is 4.38. The number of benzene rings is 1. The van der Waals surface area contributed by atoms with Crippen molar-refractivity contribution < 1.29 is 9.90 Å². The largest absolute Gasteiger partial charge is 0.508 e. The number of phenols is 1. The minimum Gasteiger partial charge on any atom is -0.508 e. The summed E-state index contributed by atoms with van der Waals surface area (Å²) in [6.07, 6.45) is 1.93. The molecule has 0 bridgehead atoms. The summed E-state index contributed by atoms with van der Waals surface area (Å²) in [5.41, 5.74) is 1.24. The number of carbonyl (C=O) groups is 1. The van der Waals surface area contributed by atoms with Crippen molar-refractivity contribution in [2.45, 2.75) is 18.8 Å². The van der Waals surface area contributed by atoms with E-state index in [1.54, 1.807) is 12.1 Å². The fourth-order valence-corrected chi connectivity index (χ4v) is 2.46. The third-order valence-corrected chi connectivity index (χ3v) is 3.56. The van der Waals surface area contributed by atoms with Crippen LogP contribution in [0.5, 0.6) is 5.75 Å². The van der Waals surface area contributed by atoms with E-state index in [2.05, 4.69) is 0 Å². The second-order valence-corrected chi connectivity index (χ2v) is 4.65. The van der Waals surface area contributed by atoms with Crippen LogP contribution in [0.25, 0.3) is 0 Å². The van der Waals surface area contributed by atoms with Gasteiger partial charge in [0.1, 0.15) is 11.6 Å². The van der Waals surface area contributed by atoms with Crippen LogP contribution in [-0.2, 0) is 4.79 Å². The molecular formula is C13H16ClNO2. The Hall–Kier alpha value is -1.22. The number of hydrogen-bond donors (Lipinski definition) is 1. The van der Waals surface area contributed by atoms with E-state index in [1.165, 1.54) is 5.56 Å². The van der Waals surface area contributed by atoms with Crippen molar-refractivity contribution in [3.05, 3.63) is 29.8 Å². The number of aromatic hydroxyl groups is 1. The number of hydrogen-bond acceptors (Lipinski definition) is 2. The highest BCUT2D eigenvalue weighted by Gasteiger charge is 2.22. The van der Waals surface area contributed by atoms with Crippen molar-refractivity contribution >= 4 is 17.5 Å². The van der Waals surface area contributed by atoms with Crippen LogP contribution in [0.15, 0.2) is 24.3 Å². The second kappa shape index (κ2) is 5.41. The molecule has 3 nitrogen and oxygen atoms in total. The zero-order chi connectivity index (χ0) is 12.3. The molecule has 1 saturated heterocycles. The molecular weight excluding hydrogens is 238 g/mol. The molecule has 0 radical (unpaired) electrons. The zero-order valence-corrected chi connectivity index (χ0v) is 10.4. The van der Waals surface area contributed by atoms with E-state index in [1.807, 2.05) is 17.0 Å². The molecule has 1 N–H and O–H groups in total. The van der Waals surface area contributed by atoms with Gasteiger partial charge in [0.25, 0.3) is 0 Å². The summed E-state index contributed by atoms with van der Waals surface area (Å²) in [5.74, 6) is 0.874. The molecule has 1 aliphatic rings. The van der Waals surface area contributed by atoms with Crippen molar-refractivity contribution in [2.24, 2.45) is 0 Å². The van der Waals surface area contributed by atoms with E-state index in [0.29, 0.717) is 11.7 Å². The van der Waals surface area contributed by atoms with Gasteiger partial charge in [-0.2, -0.15) is 0 Å². The van der Waals surface area contributed by atoms with Gasteiger partial charge in [0, 0.05) is 13.1 Å². The number of amides is 1. The summed E-state index contributed by atoms with van der Waals surface area (Å²) in [5, 5.41) is 9.23. The normalized spacial score (nSPS) is 17.1. The molecule has 1 fully saturated rings. The molecule has 1 heterocycles. The van der Waals surface area contributed by atoms with Crippen molar-refractivity contribution in [1.29, 1.82) is 0 Å². The summed E-state index contributed by atoms with van der Waals surface area (Å²) in [7, 11) is 0. The Morgan fingerprint density at radius 1 is 1.29 bits per heavy atom. The van der Waals surface area contributed by atoms with Crippen LogP contribution >= 0.6 is 11.6 Å². The fraction of sp³-hybridized carbons (Fsp3) is 0.462. The smallest absolute Gasteiger partial charge is 0.237 e. The van der Waals surface area contributed by atoms with Gasteiger partial charge in [-0.3, -0.25) is 4.79 Å². The van der Waals surface area contributed by atoms with Gasteiger partial charge >= 0.3 is 0 Å². The van der Waals surface area contributed by atoms with Gasteiger partial charge in [-0.05, 0) is 36.5 Å². The Labute approximate surface area is 106 Å². The first-order chi connectivity index (χ1) is 8.20. The van der Waals surface area contributed by atoms with E-state index >= 15 is 0 Å². The maximum Gasteiger partial charge on any atom is 0.237 e. The third-order valence-electron chi connectivity index (χ3n) is 3.33. The lowest BCUT2D eigenvalue weighted by Crippen LogP contribution is -2.38. The Kier molecular flexibility index (Phi) is 3.89. The number of halogens is 1. The van der Waals surface area contributed by atoms with E-state index in [0.717, 1.165) is 25.9 Å². The predicted molar refractivity (Wildman–Crippen MR) is 67.4 cm³/mol. The predicted octanol–water partition coefficient (Wildman–Crippen LogP) is 2.34. The zero-order valence-electron chi connectivity index (χ0n) is 9.60. The molecule has 0 aliphatic carbocycles. The summed E-state index contributed by atoms with van der Waals surface area (Å²) < 4.78 is 0. The lowest BCUT2D eigenvalue weighted by Gasteiger charge is -2.31. The summed E-state index contributed by atoms with van der Waals surface area (Å²) >= 11 is 5.54. The third kappa shape index (κ3) is 2.91. The molecule has 1 aromatic carbocycles. The van der Waals surface area contributed by atoms with Crippen LogP contribution in [0.4, 0.5) is 0 Å². The number of piperidine rings is 1. The Bertz CT molecular complexity index is 383. The van der Waals surface area contributed by atoms with Gasteiger partial charge in [0.2, 0.25) is 5.91 Å². The number of likely N-dealkylation sites (tertiary alicyclic amines) is 1. The highest BCUT2D eigenvalue weighted by Crippen LogP contribution is 2.28. The molecule has 0 spiro atoms. The van der Waals surface area contributed by atoms with Crippen LogP contribution in [0.1, 0.15) is 24.3 Å². The van der Waals surface area contributed by atoms with Gasteiger partial charge in [-0.25, -0.2) is 0 Å². The van der Waals surface area contributed by atoms with E-state index in [4.69, 9.17) is 11.6 Å². The van der Waals surface area contributed by atoms with Gasteiger partial charge < -0.3 is 10.0 Å². The molecule has 0 unspecified atom stereocenters. The lowest BCUT2D eigenvalue weighted by molar-refractivity contribution is -0.129. The van der Waals surface area contributed by atoms with Gasteiger partial charge in [-0.15, -0.1) is 11.6 Å². The van der Waals surface area contributed by atoms with Crippen molar-refractivity contribution in [3.63, 3.8) is 0 Å². The molecule has 92 valence electrons. The molecule has 2 rings (SSSR count). The van der Waals surface area contributed by atoms with Gasteiger partial charge in [-0.1, -0.05) is 12.1 Å². The van der Waals surface area contributed by atoms with Crippen LogP contribution in [0, 0.1) is 0 Å². The van der Waals surface area contributed by atoms with Crippen molar-refractivity contribution in [2.75, 3.05) is 19.0 Å². The number of phenolic OH excluding ortho intramolecular Hbond substituents is 1.